The SMILES string of the molecule is CC[C@@H](C(=O)N1CCOC(C)C1)N(C(=O)C1CCC(C)CC1)c1cc(C#CC(C)(C)C)sc1C(=O)O. The molecule has 1 aliphatic carbocycles. The van der Waals surface area contributed by atoms with Gasteiger partial charge in [-0.15, -0.1) is 11.3 Å². The number of aromatic carboxylic acids is 1. The lowest BCUT2D eigenvalue weighted by Crippen LogP contribution is -2.56. The van der Waals surface area contributed by atoms with Gasteiger partial charge in [0.2, 0.25) is 11.8 Å². The van der Waals surface area contributed by atoms with Crippen molar-refractivity contribution in [3.63, 3.8) is 0 Å². The van der Waals surface area contributed by atoms with Crippen molar-refractivity contribution in [3.8, 4) is 11.8 Å². The van der Waals surface area contributed by atoms with Gasteiger partial charge in [0, 0.05) is 24.4 Å². The van der Waals surface area contributed by atoms with Gasteiger partial charge in [-0.3, -0.25) is 14.5 Å². The highest BCUT2D eigenvalue weighted by molar-refractivity contribution is 7.15. The van der Waals surface area contributed by atoms with Crippen molar-refractivity contribution < 1.29 is 24.2 Å². The quantitative estimate of drug-likeness (QED) is 0.536. The van der Waals surface area contributed by atoms with Crippen LogP contribution in [0.1, 0.15) is 88.2 Å². The molecule has 1 aromatic heterocycles. The minimum absolute atomic E-state index is 0.0485. The Morgan fingerprint density at radius 3 is 2.44 bits per heavy atom. The number of hydrogen-bond acceptors (Lipinski definition) is 5. The smallest absolute Gasteiger partial charge is 0.348 e. The molecule has 7 nitrogen and oxygen atoms in total. The van der Waals surface area contributed by atoms with Gasteiger partial charge in [0.15, 0.2) is 0 Å². The highest BCUT2D eigenvalue weighted by Gasteiger charge is 2.40. The first-order chi connectivity index (χ1) is 16.9. The van der Waals surface area contributed by atoms with E-state index in [-0.39, 0.29) is 39.8 Å². The summed E-state index contributed by atoms with van der Waals surface area (Å²) in [4.78, 5) is 44.0. The average Bonchev–Trinajstić information content (AvgIpc) is 3.24. The van der Waals surface area contributed by atoms with E-state index in [1.165, 1.54) is 4.90 Å². The van der Waals surface area contributed by atoms with E-state index in [0.717, 1.165) is 37.0 Å². The summed E-state index contributed by atoms with van der Waals surface area (Å²) in [6.45, 7) is 13.3. The molecule has 2 aliphatic rings. The molecule has 0 aromatic carbocycles. The van der Waals surface area contributed by atoms with Gasteiger partial charge >= 0.3 is 5.97 Å². The molecule has 3 rings (SSSR count). The third-order valence-electron chi connectivity index (χ3n) is 6.87. The fourth-order valence-electron chi connectivity index (χ4n) is 4.87. The maximum atomic E-state index is 14.1. The van der Waals surface area contributed by atoms with Crippen LogP contribution in [0.25, 0.3) is 0 Å². The van der Waals surface area contributed by atoms with Gasteiger partial charge in [-0.1, -0.05) is 25.7 Å². The van der Waals surface area contributed by atoms with Crippen LogP contribution in [0, 0.1) is 29.1 Å². The Morgan fingerprint density at radius 1 is 1.22 bits per heavy atom. The summed E-state index contributed by atoms with van der Waals surface area (Å²) >= 11 is 1.06. The van der Waals surface area contributed by atoms with Crippen LogP contribution >= 0.6 is 11.3 Å². The van der Waals surface area contributed by atoms with E-state index in [1.807, 2.05) is 34.6 Å². The van der Waals surface area contributed by atoms with Gasteiger partial charge in [-0.25, -0.2) is 4.79 Å². The van der Waals surface area contributed by atoms with Crippen LogP contribution in [-0.4, -0.2) is 59.6 Å². The number of carbonyl (C=O) groups is 3. The van der Waals surface area contributed by atoms with Crippen LogP contribution in [-0.2, 0) is 14.3 Å². The largest absolute Gasteiger partial charge is 0.477 e. The molecule has 0 bridgehead atoms. The number of morpholine rings is 1. The summed E-state index contributed by atoms with van der Waals surface area (Å²) < 4.78 is 5.61. The first kappa shape index (κ1) is 28.2. The highest BCUT2D eigenvalue weighted by atomic mass is 32.1. The van der Waals surface area contributed by atoms with Crippen LogP contribution in [0.2, 0.25) is 0 Å². The molecule has 0 spiro atoms. The van der Waals surface area contributed by atoms with E-state index < -0.39 is 12.0 Å². The van der Waals surface area contributed by atoms with Crippen molar-refractivity contribution in [3.05, 3.63) is 15.8 Å². The molecule has 36 heavy (non-hydrogen) atoms. The van der Waals surface area contributed by atoms with Crippen molar-refractivity contribution in [2.45, 2.75) is 85.8 Å². The van der Waals surface area contributed by atoms with E-state index in [9.17, 15) is 19.5 Å². The van der Waals surface area contributed by atoms with E-state index in [0.29, 0.717) is 36.9 Å². The Bertz CT molecular complexity index is 1020. The monoisotopic (exact) mass is 516 g/mol. The second-order valence-electron chi connectivity index (χ2n) is 11.2. The molecule has 1 aromatic rings. The van der Waals surface area contributed by atoms with Crippen molar-refractivity contribution in [2.75, 3.05) is 24.6 Å². The molecule has 1 unspecified atom stereocenters. The number of carboxylic acid groups (broad SMARTS) is 1. The Labute approximate surface area is 219 Å². The number of amides is 2. The minimum atomic E-state index is -1.11. The van der Waals surface area contributed by atoms with Gasteiger partial charge < -0.3 is 14.7 Å². The molecule has 8 heteroatoms. The molecule has 2 amide bonds. The number of anilines is 1. The Morgan fingerprint density at radius 2 is 1.89 bits per heavy atom. The fraction of sp³-hybridized carbons (Fsp3) is 0.679. The summed E-state index contributed by atoms with van der Waals surface area (Å²) in [7, 11) is 0. The lowest BCUT2D eigenvalue weighted by molar-refractivity contribution is -0.141. The second-order valence-corrected chi connectivity index (χ2v) is 12.2. The van der Waals surface area contributed by atoms with E-state index in [1.54, 1.807) is 11.0 Å². The molecule has 0 radical (unpaired) electrons. The third-order valence-corrected chi connectivity index (χ3v) is 7.89. The minimum Gasteiger partial charge on any atom is -0.477 e. The lowest BCUT2D eigenvalue weighted by atomic mass is 9.82. The normalized spacial score (nSPS) is 23.4. The summed E-state index contributed by atoms with van der Waals surface area (Å²) in [5, 5.41) is 10.1. The molecule has 198 valence electrons. The van der Waals surface area contributed by atoms with Gasteiger partial charge in [0.05, 0.1) is 23.3 Å². The van der Waals surface area contributed by atoms with Crippen molar-refractivity contribution in [2.24, 2.45) is 17.3 Å². The maximum absolute atomic E-state index is 14.1. The lowest BCUT2D eigenvalue weighted by Gasteiger charge is -2.39. The third kappa shape index (κ3) is 6.89. The zero-order chi connectivity index (χ0) is 26.6. The van der Waals surface area contributed by atoms with Gasteiger partial charge in [0.1, 0.15) is 10.9 Å². The Hall–Kier alpha value is -2.37. The number of nitrogens with zero attached hydrogens (tertiary/aromatic N) is 2. The topological polar surface area (TPSA) is 87.2 Å². The van der Waals surface area contributed by atoms with Crippen molar-refractivity contribution in [1.29, 1.82) is 0 Å². The molecule has 2 fully saturated rings. The van der Waals surface area contributed by atoms with E-state index in [4.69, 9.17) is 4.74 Å². The van der Waals surface area contributed by atoms with Crippen molar-refractivity contribution >= 4 is 34.8 Å². The molecule has 2 atom stereocenters. The average molecular weight is 517 g/mol. The molecule has 1 aliphatic heterocycles. The number of carbonyl (C=O) groups excluding carboxylic acids is 2. The van der Waals surface area contributed by atoms with E-state index >= 15 is 0 Å². The van der Waals surface area contributed by atoms with Gasteiger partial charge in [0.25, 0.3) is 0 Å². The zero-order valence-corrected chi connectivity index (χ0v) is 23.2. The second kappa shape index (κ2) is 11.8. The number of ether oxygens (including phenoxy) is 1. The fourth-order valence-corrected chi connectivity index (χ4v) is 5.71. The summed E-state index contributed by atoms with van der Waals surface area (Å²) in [5.41, 5.74) is 0.0346. The predicted molar refractivity (Wildman–Crippen MR) is 142 cm³/mol. The Kier molecular flexibility index (Phi) is 9.23. The number of thiophene rings is 1. The summed E-state index contributed by atoms with van der Waals surface area (Å²) in [6, 6.07) is 0.909. The Balaban J connectivity index is 2.07. The summed E-state index contributed by atoms with van der Waals surface area (Å²) in [5.74, 6) is 5.16. The predicted octanol–water partition coefficient (Wildman–Crippen LogP) is 5.03. The van der Waals surface area contributed by atoms with Crippen LogP contribution in [0.4, 0.5) is 5.69 Å². The molecular formula is C28H40N2O5S. The first-order valence-electron chi connectivity index (χ1n) is 13.0. The number of rotatable bonds is 6. The first-order valence-corrected chi connectivity index (χ1v) is 13.9. The van der Waals surface area contributed by atoms with Crippen LogP contribution in [0.3, 0.4) is 0 Å². The molecule has 2 heterocycles. The van der Waals surface area contributed by atoms with Gasteiger partial charge in [-0.2, -0.15) is 0 Å². The number of hydrogen-bond donors (Lipinski definition) is 1. The van der Waals surface area contributed by atoms with Gasteiger partial charge in [-0.05, 0) is 71.8 Å². The molecular weight excluding hydrogens is 476 g/mol. The standard InChI is InChI=1S/C28H40N2O5S/c1-7-22(26(32)29-14-15-35-19(3)17-29)30(25(31)20-10-8-18(2)9-11-20)23-16-21(12-13-28(4,5)6)36-24(23)27(33)34/h16,18-20,22H,7-11,14-15,17H2,1-6H3,(H,33,34)/t18?,19?,20?,22-/m0/s1. The molecule has 1 saturated heterocycles. The van der Waals surface area contributed by atoms with Crippen LogP contribution in [0.15, 0.2) is 6.07 Å². The van der Waals surface area contributed by atoms with Crippen molar-refractivity contribution in [1.82, 2.24) is 4.90 Å². The summed E-state index contributed by atoms with van der Waals surface area (Å²) in [6.07, 6.45) is 3.70. The van der Waals surface area contributed by atoms with E-state index in [2.05, 4.69) is 18.8 Å². The molecule has 1 saturated carbocycles. The van der Waals surface area contributed by atoms with Crippen LogP contribution < -0.4 is 4.90 Å². The highest BCUT2D eigenvalue weighted by Crippen LogP contribution is 2.37. The van der Waals surface area contributed by atoms with Crippen LogP contribution in [0.5, 0.6) is 0 Å². The molecule has 1 N–H and O–H groups in total. The maximum Gasteiger partial charge on any atom is 0.348 e. The zero-order valence-electron chi connectivity index (χ0n) is 22.4. The number of carboxylic acids is 1.